The number of morpholine rings is 1. The van der Waals surface area contributed by atoms with E-state index in [1.165, 1.54) is 0 Å². The Bertz CT molecular complexity index is 557. The predicted octanol–water partition coefficient (Wildman–Crippen LogP) is 1.32. The summed E-state index contributed by atoms with van der Waals surface area (Å²) in [7, 11) is 0. The number of carbonyl (C=O) groups excluding carboxylic acids is 1. The summed E-state index contributed by atoms with van der Waals surface area (Å²) in [5.74, 6) is 0. The minimum atomic E-state index is -0.0696. The molecule has 1 aromatic carbocycles. The third-order valence-corrected chi connectivity index (χ3v) is 4.18. The van der Waals surface area contributed by atoms with Crippen LogP contribution in [0.15, 0.2) is 30.3 Å². The summed E-state index contributed by atoms with van der Waals surface area (Å²) < 4.78 is 5.78. The first-order valence-corrected chi connectivity index (χ1v) is 7.63. The molecule has 1 N–H and O–H groups in total. The zero-order valence-electron chi connectivity index (χ0n) is 12.4. The number of ether oxygens (including phenoxy) is 1. The van der Waals surface area contributed by atoms with Gasteiger partial charge < -0.3 is 19.9 Å². The molecule has 0 spiro atoms. The van der Waals surface area contributed by atoms with Crippen molar-refractivity contribution in [3.8, 4) is 6.19 Å². The lowest BCUT2D eigenvalue weighted by molar-refractivity contribution is -0.0157. The minimum absolute atomic E-state index is 0.0603. The molecular weight excluding hydrogens is 280 g/mol. The van der Waals surface area contributed by atoms with E-state index in [1.807, 2.05) is 30.3 Å². The van der Waals surface area contributed by atoms with Crippen LogP contribution in [0.4, 0.5) is 4.79 Å². The quantitative estimate of drug-likeness (QED) is 0.837. The van der Waals surface area contributed by atoms with E-state index in [4.69, 9.17) is 10.00 Å². The molecule has 3 rings (SSSR count). The molecular formula is C16H20N4O2. The lowest BCUT2D eigenvalue weighted by atomic mass is 10.1. The highest BCUT2D eigenvalue weighted by Crippen LogP contribution is 2.22. The molecule has 6 heteroatoms. The van der Waals surface area contributed by atoms with Crippen molar-refractivity contribution in [3.63, 3.8) is 0 Å². The van der Waals surface area contributed by atoms with Crippen LogP contribution in [0.2, 0.25) is 0 Å². The highest BCUT2D eigenvalue weighted by atomic mass is 16.5. The Labute approximate surface area is 130 Å². The molecule has 0 saturated carbocycles. The van der Waals surface area contributed by atoms with Crippen LogP contribution >= 0.6 is 0 Å². The zero-order chi connectivity index (χ0) is 15.4. The number of carbonyl (C=O) groups is 1. The second-order valence-electron chi connectivity index (χ2n) is 5.70. The molecule has 2 heterocycles. The van der Waals surface area contributed by atoms with Crippen LogP contribution in [0.3, 0.4) is 0 Å². The SMILES string of the molecule is N#CN1CCC(NC(=O)N2CCOC(c3ccccc3)C2)C1. The molecule has 2 fully saturated rings. The molecule has 2 aliphatic heterocycles. The van der Waals surface area contributed by atoms with Crippen molar-refractivity contribution in [1.29, 1.82) is 5.26 Å². The van der Waals surface area contributed by atoms with Crippen molar-refractivity contribution in [2.24, 2.45) is 0 Å². The third kappa shape index (κ3) is 3.31. The van der Waals surface area contributed by atoms with Gasteiger partial charge in [-0.3, -0.25) is 0 Å². The maximum Gasteiger partial charge on any atom is 0.317 e. The van der Waals surface area contributed by atoms with E-state index in [0.717, 1.165) is 18.5 Å². The van der Waals surface area contributed by atoms with Crippen molar-refractivity contribution >= 4 is 6.03 Å². The fourth-order valence-electron chi connectivity index (χ4n) is 2.94. The van der Waals surface area contributed by atoms with Gasteiger partial charge in [0.1, 0.15) is 6.10 Å². The number of amides is 2. The molecule has 2 atom stereocenters. The average molecular weight is 300 g/mol. The third-order valence-electron chi connectivity index (χ3n) is 4.18. The first-order valence-electron chi connectivity index (χ1n) is 7.63. The standard InChI is InChI=1S/C16H20N4O2/c17-12-19-7-6-14(10-19)18-16(21)20-8-9-22-15(11-20)13-4-2-1-3-5-13/h1-5,14-15H,6-11H2,(H,18,21). The van der Waals surface area contributed by atoms with Gasteiger partial charge in [-0.1, -0.05) is 30.3 Å². The average Bonchev–Trinajstić information content (AvgIpc) is 3.03. The predicted molar refractivity (Wildman–Crippen MR) is 80.8 cm³/mol. The minimum Gasteiger partial charge on any atom is -0.370 e. The van der Waals surface area contributed by atoms with E-state index in [9.17, 15) is 4.79 Å². The molecule has 0 aliphatic carbocycles. The van der Waals surface area contributed by atoms with Gasteiger partial charge in [0.05, 0.1) is 19.2 Å². The van der Waals surface area contributed by atoms with Crippen LogP contribution in [0, 0.1) is 11.5 Å². The second kappa shape index (κ2) is 6.67. The molecule has 116 valence electrons. The number of nitriles is 1. The fraction of sp³-hybridized carbons (Fsp3) is 0.500. The fourth-order valence-corrected chi connectivity index (χ4v) is 2.94. The molecule has 6 nitrogen and oxygen atoms in total. The Kier molecular flexibility index (Phi) is 4.45. The summed E-state index contributed by atoms with van der Waals surface area (Å²) in [6, 6.07) is 9.97. The van der Waals surface area contributed by atoms with Gasteiger partial charge in [-0.2, -0.15) is 5.26 Å². The lowest BCUT2D eigenvalue weighted by Gasteiger charge is -2.33. The van der Waals surface area contributed by atoms with E-state index >= 15 is 0 Å². The topological polar surface area (TPSA) is 68.6 Å². The van der Waals surface area contributed by atoms with Gasteiger partial charge in [-0.05, 0) is 12.0 Å². The van der Waals surface area contributed by atoms with Crippen LogP contribution in [0.25, 0.3) is 0 Å². The molecule has 22 heavy (non-hydrogen) atoms. The van der Waals surface area contributed by atoms with Gasteiger partial charge in [-0.25, -0.2) is 4.79 Å². The van der Waals surface area contributed by atoms with Gasteiger partial charge in [0.25, 0.3) is 0 Å². The molecule has 0 aromatic heterocycles. The van der Waals surface area contributed by atoms with Gasteiger partial charge in [-0.15, -0.1) is 0 Å². The first kappa shape index (κ1) is 14.7. The van der Waals surface area contributed by atoms with Crippen LogP contribution in [-0.4, -0.2) is 54.7 Å². The summed E-state index contributed by atoms with van der Waals surface area (Å²) in [4.78, 5) is 15.9. The monoisotopic (exact) mass is 300 g/mol. The molecule has 0 bridgehead atoms. The van der Waals surface area contributed by atoms with Crippen molar-refractivity contribution < 1.29 is 9.53 Å². The van der Waals surface area contributed by atoms with E-state index in [0.29, 0.717) is 26.2 Å². The van der Waals surface area contributed by atoms with Gasteiger partial charge in [0, 0.05) is 19.6 Å². The molecule has 0 radical (unpaired) electrons. The summed E-state index contributed by atoms with van der Waals surface area (Å²) in [5.41, 5.74) is 1.09. The second-order valence-corrected chi connectivity index (χ2v) is 5.70. The Hall–Kier alpha value is -2.26. The number of hydrogen-bond acceptors (Lipinski definition) is 4. The molecule has 1 aromatic rings. The number of likely N-dealkylation sites (tertiary alicyclic amines) is 1. The number of nitrogens with one attached hydrogen (secondary N) is 1. The van der Waals surface area contributed by atoms with E-state index in [2.05, 4.69) is 11.5 Å². The number of nitrogens with zero attached hydrogens (tertiary/aromatic N) is 3. The van der Waals surface area contributed by atoms with Crippen molar-refractivity contribution in [2.75, 3.05) is 32.8 Å². The van der Waals surface area contributed by atoms with Gasteiger partial charge >= 0.3 is 6.03 Å². The van der Waals surface area contributed by atoms with E-state index in [1.54, 1.807) is 9.80 Å². The number of hydrogen-bond donors (Lipinski definition) is 1. The maximum atomic E-state index is 12.4. The van der Waals surface area contributed by atoms with Crippen molar-refractivity contribution in [2.45, 2.75) is 18.6 Å². The largest absolute Gasteiger partial charge is 0.370 e. The summed E-state index contributed by atoms with van der Waals surface area (Å²) in [6.45, 7) is 3.03. The van der Waals surface area contributed by atoms with Crippen molar-refractivity contribution in [3.05, 3.63) is 35.9 Å². The Morgan fingerprint density at radius 2 is 2.09 bits per heavy atom. The van der Waals surface area contributed by atoms with Gasteiger partial charge in [0.15, 0.2) is 6.19 Å². The first-order chi connectivity index (χ1) is 10.8. The highest BCUT2D eigenvalue weighted by Gasteiger charge is 2.28. The van der Waals surface area contributed by atoms with E-state index < -0.39 is 0 Å². The summed E-state index contributed by atoms with van der Waals surface area (Å²) >= 11 is 0. The van der Waals surface area contributed by atoms with Crippen LogP contribution in [-0.2, 0) is 4.74 Å². The van der Waals surface area contributed by atoms with Crippen molar-refractivity contribution in [1.82, 2.24) is 15.1 Å². The van der Waals surface area contributed by atoms with Crippen LogP contribution in [0.1, 0.15) is 18.1 Å². The molecule has 2 saturated heterocycles. The van der Waals surface area contributed by atoms with Gasteiger partial charge in [0.2, 0.25) is 0 Å². The lowest BCUT2D eigenvalue weighted by Crippen LogP contribution is -2.50. The highest BCUT2D eigenvalue weighted by molar-refractivity contribution is 5.74. The molecule has 2 amide bonds. The summed E-state index contributed by atoms with van der Waals surface area (Å²) in [6.07, 6.45) is 2.88. The number of rotatable bonds is 2. The van der Waals surface area contributed by atoms with E-state index in [-0.39, 0.29) is 18.2 Å². The zero-order valence-corrected chi connectivity index (χ0v) is 12.4. The molecule has 2 unspecified atom stereocenters. The Morgan fingerprint density at radius 3 is 2.82 bits per heavy atom. The van der Waals surface area contributed by atoms with Crippen LogP contribution < -0.4 is 5.32 Å². The number of benzene rings is 1. The normalized spacial score (nSPS) is 24.9. The maximum absolute atomic E-state index is 12.4. The summed E-state index contributed by atoms with van der Waals surface area (Å²) in [5, 5.41) is 11.9. The number of urea groups is 1. The smallest absolute Gasteiger partial charge is 0.317 e. The molecule has 2 aliphatic rings. The Morgan fingerprint density at radius 1 is 1.27 bits per heavy atom. The Balaban J connectivity index is 1.56. The van der Waals surface area contributed by atoms with Crippen LogP contribution in [0.5, 0.6) is 0 Å².